The Balaban J connectivity index is 1.27. The number of nitrogens with one attached hydrogen (secondary N) is 2. The molecule has 2 fully saturated rings. The number of hydrogen-bond acceptors (Lipinski definition) is 9. The van der Waals surface area contributed by atoms with Gasteiger partial charge in [0.1, 0.15) is 18.1 Å². The Kier molecular flexibility index (Phi) is 14.2. The van der Waals surface area contributed by atoms with Gasteiger partial charge in [-0.2, -0.15) is 0 Å². The van der Waals surface area contributed by atoms with Gasteiger partial charge in [-0.25, -0.2) is 5.43 Å². The number of likely N-dealkylation sites (tertiary alicyclic amines) is 1. The van der Waals surface area contributed by atoms with Crippen molar-refractivity contribution in [3.63, 3.8) is 0 Å². The molecule has 14 heteroatoms. The van der Waals surface area contributed by atoms with E-state index in [0.29, 0.717) is 45.4 Å². The molecular weight excluding hydrogens is 811 g/mol. The van der Waals surface area contributed by atoms with Crippen LogP contribution in [-0.2, 0) is 52.8 Å². The van der Waals surface area contributed by atoms with Crippen LogP contribution >= 0.6 is 0 Å². The van der Waals surface area contributed by atoms with E-state index in [1.807, 2.05) is 32.2 Å². The zero-order valence-corrected chi connectivity index (χ0v) is 38.5. The molecule has 14 nitrogen and oxygen atoms in total. The van der Waals surface area contributed by atoms with Crippen molar-refractivity contribution in [1.82, 2.24) is 30.1 Å². The number of nitrogens with zero attached hydrogens (tertiary/aromatic N) is 5. The highest BCUT2D eigenvalue weighted by atomic mass is 16.5. The van der Waals surface area contributed by atoms with Crippen LogP contribution in [0.2, 0.25) is 0 Å². The first-order valence-electron chi connectivity index (χ1n) is 22.8. The number of ether oxygens (including phenoxy) is 2. The molecule has 6 bridgehead atoms. The largest absolute Gasteiger partial charge is 0.464 e. The van der Waals surface area contributed by atoms with E-state index in [4.69, 9.17) is 14.5 Å². The molecule has 64 heavy (non-hydrogen) atoms. The van der Waals surface area contributed by atoms with Crippen molar-refractivity contribution in [3.8, 4) is 11.1 Å². The third-order valence-corrected chi connectivity index (χ3v) is 13.3. The number of aliphatic imine (C=N–C) groups is 1. The summed E-state index contributed by atoms with van der Waals surface area (Å²) >= 11 is 0. The average Bonchev–Trinajstić information content (AvgIpc) is 3.90. The topological polar surface area (TPSA) is 155 Å². The lowest BCUT2D eigenvalue weighted by Gasteiger charge is -2.37. The number of hydrogen-bond donors (Lipinski definition) is 2. The molecule has 4 amide bonds. The van der Waals surface area contributed by atoms with E-state index >= 15 is 0 Å². The van der Waals surface area contributed by atoms with Gasteiger partial charge in [0.25, 0.3) is 5.91 Å². The van der Waals surface area contributed by atoms with Crippen molar-refractivity contribution in [2.45, 2.75) is 104 Å². The standard InChI is InChI=1S/C50H65N7O7/c1-9-43(58)55-23-20-35(28-55)47(60)54(7)44(31(3)4)46(59)52-40-25-32-14-11-15-33(24-32)34-18-19-42-37(26-34)38(45(56(42)10-2)36-16-12-21-51-41(36)29-63-8)27-50(5,6)30-64-49(62)39-17-13-22-57(53-39)48(40)61/h9,11-12,14-15,18-19,21,24,26,31,35-36,39-40,44,53H,1,10,13,16-17,20,22-23,25,27-30H2,2-8H3,(H,52,59)/t35-,36+,39-,40-,44-/m0/s1. The number of rotatable bonds is 10. The first-order chi connectivity index (χ1) is 30.6. The van der Waals surface area contributed by atoms with E-state index in [1.165, 1.54) is 27.2 Å². The van der Waals surface area contributed by atoms with E-state index in [2.05, 4.69) is 79.1 Å². The van der Waals surface area contributed by atoms with E-state index in [1.54, 1.807) is 19.1 Å². The van der Waals surface area contributed by atoms with Gasteiger partial charge in [-0.15, -0.1) is 0 Å². The molecule has 4 aliphatic rings. The number of allylic oxidation sites excluding steroid dienone is 1. The number of aromatic nitrogens is 1. The van der Waals surface area contributed by atoms with Crippen LogP contribution in [-0.4, -0.2) is 120 Å². The van der Waals surface area contributed by atoms with Crippen LogP contribution in [0.15, 0.2) is 72.4 Å². The second kappa shape index (κ2) is 19.6. The van der Waals surface area contributed by atoms with E-state index in [0.717, 1.165) is 46.3 Å². The van der Waals surface area contributed by atoms with Crippen molar-refractivity contribution >= 4 is 46.2 Å². The number of carbonyl (C=O) groups excluding carboxylic acids is 5. The molecule has 2 N–H and O–H groups in total. The summed E-state index contributed by atoms with van der Waals surface area (Å²) in [5.74, 6) is -2.51. The molecule has 0 aliphatic carbocycles. The summed E-state index contributed by atoms with van der Waals surface area (Å²) in [6, 6.07) is 11.9. The van der Waals surface area contributed by atoms with Gasteiger partial charge in [-0.1, -0.05) is 70.7 Å². The molecule has 5 atom stereocenters. The highest BCUT2D eigenvalue weighted by Gasteiger charge is 2.40. The minimum atomic E-state index is -1.04. The van der Waals surface area contributed by atoms with Gasteiger partial charge in [-0.05, 0) is 85.4 Å². The Labute approximate surface area is 377 Å². The van der Waals surface area contributed by atoms with E-state index < -0.39 is 47.2 Å². The molecule has 1 aromatic heterocycles. The predicted octanol–water partition coefficient (Wildman–Crippen LogP) is 5.58. The molecule has 5 heterocycles. The summed E-state index contributed by atoms with van der Waals surface area (Å²) in [5, 5.41) is 5.62. The van der Waals surface area contributed by atoms with Crippen LogP contribution in [0.5, 0.6) is 0 Å². The second-order valence-corrected chi connectivity index (χ2v) is 18.9. The molecule has 2 saturated heterocycles. The Morgan fingerprint density at radius 2 is 1.89 bits per heavy atom. The number of cyclic esters (lactones) is 1. The van der Waals surface area contributed by atoms with Crippen LogP contribution in [0.1, 0.15) is 83.0 Å². The van der Waals surface area contributed by atoms with Crippen molar-refractivity contribution in [2.24, 2.45) is 22.2 Å². The molecule has 4 aliphatic heterocycles. The zero-order valence-electron chi connectivity index (χ0n) is 38.5. The van der Waals surface area contributed by atoms with E-state index in [9.17, 15) is 24.0 Å². The molecule has 0 unspecified atom stereocenters. The number of methoxy groups -OCH3 is 1. The van der Waals surface area contributed by atoms with Gasteiger partial charge in [0.05, 0.1) is 24.8 Å². The molecule has 2 aromatic carbocycles. The van der Waals surface area contributed by atoms with Gasteiger partial charge in [0.15, 0.2) is 0 Å². The molecular formula is C50H65N7O7. The maximum atomic E-state index is 14.7. The lowest BCUT2D eigenvalue weighted by Crippen LogP contribution is -2.62. The number of likely N-dealkylation sites (N-methyl/N-ethyl adjacent to an activating group) is 1. The quantitative estimate of drug-likeness (QED) is 0.198. The summed E-state index contributed by atoms with van der Waals surface area (Å²) in [7, 11) is 3.31. The van der Waals surface area contributed by atoms with Crippen molar-refractivity contribution in [1.29, 1.82) is 0 Å². The van der Waals surface area contributed by atoms with Crippen molar-refractivity contribution in [2.75, 3.05) is 47.0 Å². The first kappa shape index (κ1) is 46.4. The third-order valence-electron chi connectivity index (χ3n) is 13.3. The Hall–Kier alpha value is -5.60. The Morgan fingerprint density at radius 1 is 1.11 bits per heavy atom. The summed E-state index contributed by atoms with van der Waals surface area (Å²) in [6.07, 6.45) is 8.32. The van der Waals surface area contributed by atoms with Gasteiger partial charge in [0, 0.05) is 80.9 Å². The third kappa shape index (κ3) is 9.73. The molecule has 0 spiro atoms. The van der Waals surface area contributed by atoms with Crippen LogP contribution < -0.4 is 10.7 Å². The fraction of sp³-hybridized carbons (Fsp3) is 0.520. The van der Waals surface area contributed by atoms with Gasteiger partial charge >= 0.3 is 5.97 Å². The fourth-order valence-electron chi connectivity index (χ4n) is 10.1. The normalized spacial score (nSPS) is 23.0. The average molecular weight is 876 g/mol. The first-order valence-corrected chi connectivity index (χ1v) is 22.8. The number of amides is 4. The van der Waals surface area contributed by atoms with Crippen LogP contribution in [0.3, 0.4) is 0 Å². The fourth-order valence-corrected chi connectivity index (χ4v) is 10.1. The minimum Gasteiger partial charge on any atom is -0.464 e. The van der Waals surface area contributed by atoms with Crippen LogP contribution in [0.25, 0.3) is 22.0 Å². The lowest BCUT2D eigenvalue weighted by atomic mass is 9.82. The molecule has 342 valence electrons. The zero-order chi connectivity index (χ0) is 45.9. The SMILES string of the molecule is C=CC(=O)N1CC[C@H](C(=O)N(C)[C@H](C(=O)N[C@H]2Cc3cccc(c3)-c3ccc4c(c3)c(c([C@@H]3CC=CN=C3COC)n4CC)CC(C)(C)COC(=O)[C@@H]3CCCN(N3)C2=O)C(C)C)C1. The van der Waals surface area contributed by atoms with Gasteiger partial charge in [-0.3, -0.25) is 34.0 Å². The maximum Gasteiger partial charge on any atom is 0.324 e. The molecule has 3 aromatic rings. The highest BCUT2D eigenvalue weighted by molar-refractivity contribution is 5.98. The summed E-state index contributed by atoms with van der Waals surface area (Å²) in [6.45, 7) is 16.1. The Morgan fingerprint density at radius 3 is 2.62 bits per heavy atom. The number of hydrazine groups is 1. The number of benzene rings is 2. The van der Waals surface area contributed by atoms with Crippen LogP contribution in [0.4, 0.5) is 0 Å². The second-order valence-electron chi connectivity index (χ2n) is 18.9. The number of carbonyl (C=O) groups is 5. The monoisotopic (exact) mass is 875 g/mol. The van der Waals surface area contributed by atoms with Gasteiger partial charge < -0.3 is 29.2 Å². The smallest absolute Gasteiger partial charge is 0.324 e. The Bertz CT molecular complexity index is 2350. The number of fused-ring (bicyclic) bond motifs is 6. The maximum absolute atomic E-state index is 14.7. The minimum absolute atomic E-state index is 0.00618. The lowest BCUT2D eigenvalue weighted by molar-refractivity contribution is -0.155. The molecule has 0 saturated carbocycles. The summed E-state index contributed by atoms with van der Waals surface area (Å²) in [4.78, 5) is 77.1. The highest BCUT2D eigenvalue weighted by Crippen LogP contribution is 2.41. The van der Waals surface area contributed by atoms with E-state index in [-0.39, 0.29) is 43.2 Å². The summed E-state index contributed by atoms with van der Waals surface area (Å²) < 4.78 is 14.2. The van der Waals surface area contributed by atoms with Crippen LogP contribution in [0, 0.1) is 17.3 Å². The number of aryl methyl sites for hydroxylation is 1. The van der Waals surface area contributed by atoms with Crippen molar-refractivity contribution < 1.29 is 33.4 Å². The summed E-state index contributed by atoms with van der Waals surface area (Å²) in [5.41, 5.74) is 9.96. The predicted molar refractivity (Wildman–Crippen MR) is 247 cm³/mol. The van der Waals surface area contributed by atoms with Gasteiger partial charge in [0.2, 0.25) is 17.7 Å². The number of esters is 1. The molecule has 7 rings (SSSR count). The van der Waals surface area contributed by atoms with Crippen molar-refractivity contribution in [3.05, 3.63) is 84.2 Å². The molecule has 0 radical (unpaired) electrons.